The zero-order valence-corrected chi connectivity index (χ0v) is 19.3. The van der Waals surface area contributed by atoms with E-state index in [1.54, 1.807) is 6.20 Å². The molecule has 1 saturated heterocycles. The lowest BCUT2D eigenvalue weighted by Crippen LogP contribution is -2.50. The van der Waals surface area contributed by atoms with Gasteiger partial charge in [0.15, 0.2) is 0 Å². The van der Waals surface area contributed by atoms with Crippen molar-refractivity contribution < 1.29 is 4.79 Å². The molecule has 1 aliphatic rings. The van der Waals surface area contributed by atoms with E-state index in [0.717, 1.165) is 22.6 Å². The highest BCUT2D eigenvalue weighted by atomic mass is 79.9. The highest BCUT2D eigenvalue weighted by Crippen LogP contribution is 2.31. The maximum absolute atomic E-state index is 13.1. The van der Waals surface area contributed by atoms with E-state index in [-0.39, 0.29) is 11.9 Å². The summed E-state index contributed by atoms with van der Waals surface area (Å²) in [6, 6.07) is 23.0. The fraction of sp³-hybridized carbons (Fsp3) is 0.250. The molecule has 0 saturated carbocycles. The normalized spacial score (nSPS) is 15.7. The van der Waals surface area contributed by atoms with Gasteiger partial charge in [-0.1, -0.05) is 58.4 Å². The van der Waals surface area contributed by atoms with Crippen LogP contribution in [0.4, 0.5) is 0 Å². The van der Waals surface area contributed by atoms with Crippen molar-refractivity contribution in [1.82, 2.24) is 14.8 Å². The lowest BCUT2D eigenvalue weighted by Gasteiger charge is -2.40. The molecule has 1 fully saturated rings. The summed E-state index contributed by atoms with van der Waals surface area (Å²) in [5, 5.41) is 0.793. The number of nitrogens with zero attached hydrogens (tertiary/aromatic N) is 3. The number of pyridine rings is 1. The first kappa shape index (κ1) is 21.1. The van der Waals surface area contributed by atoms with Crippen LogP contribution in [-0.2, 0) is 0 Å². The van der Waals surface area contributed by atoms with Crippen molar-refractivity contribution in [3.8, 4) is 0 Å². The summed E-state index contributed by atoms with van der Waals surface area (Å²) in [7, 11) is 0. The highest BCUT2D eigenvalue weighted by molar-refractivity contribution is 9.10. The van der Waals surface area contributed by atoms with E-state index >= 15 is 0 Å². The van der Waals surface area contributed by atoms with Gasteiger partial charge >= 0.3 is 0 Å². The van der Waals surface area contributed by atoms with Crippen LogP contribution in [0.25, 0.3) is 0 Å². The molecule has 6 heteroatoms. The Balaban J connectivity index is 1.53. The number of carbonyl (C=O) groups is 1. The van der Waals surface area contributed by atoms with Gasteiger partial charge in [0.1, 0.15) is 5.03 Å². The Bertz CT molecular complexity index is 989. The minimum Gasteiger partial charge on any atom is -0.336 e. The van der Waals surface area contributed by atoms with E-state index in [1.165, 1.54) is 22.9 Å². The Morgan fingerprint density at radius 1 is 0.933 bits per heavy atom. The summed E-state index contributed by atoms with van der Waals surface area (Å²) in [6.07, 6.45) is 3.70. The van der Waals surface area contributed by atoms with E-state index in [4.69, 9.17) is 0 Å². The van der Waals surface area contributed by atoms with Crippen LogP contribution in [0, 0.1) is 0 Å². The van der Waals surface area contributed by atoms with Gasteiger partial charge in [0, 0.05) is 36.8 Å². The van der Waals surface area contributed by atoms with Crippen LogP contribution >= 0.6 is 27.7 Å². The summed E-state index contributed by atoms with van der Waals surface area (Å²) in [5.74, 6) is 0.0759. The molecule has 30 heavy (non-hydrogen) atoms. The molecule has 4 nitrogen and oxygen atoms in total. The van der Waals surface area contributed by atoms with E-state index in [1.807, 2.05) is 23.3 Å². The van der Waals surface area contributed by atoms with Crippen LogP contribution in [0.15, 0.2) is 82.4 Å². The number of amides is 1. The van der Waals surface area contributed by atoms with E-state index < -0.39 is 0 Å². The van der Waals surface area contributed by atoms with Gasteiger partial charge in [-0.2, -0.15) is 0 Å². The predicted octanol–water partition coefficient (Wildman–Crippen LogP) is 5.11. The Hall–Kier alpha value is -2.15. The van der Waals surface area contributed by atoms with E-state index in [2.05, 4.69) is 80.4 Å². The Kier molecular flexibility index (Phi) is 6.87. The molecule has 1 amide bonds. The second-order valence-electron chi connectivity index (χ2n) is 7.25. The van der Waals surface area contributed by atoms with Crippen LogP contribution < -0.4 is 0 Å². The molecule has 0 aliphatic carbocycles. The monoisotopic (exact) mass is 481 g/mol. The fourth-order valence-corrected chi connectivity index (χ4v) is 4.77. The smallest absolute Gasteiger partial charge is 0.256 e. The van der Waals surface area contributed by atoms with Gasteiger partial charge in [-0.15, -0.1) is 11.8 Å². The van der Waals surface area contributed by atoms with Crippen molar-refractivity contribution in [2.24, 2.45) is 0 Å². The van der Waals surface area contributed by atoms with Crippen molar-refractivity contribution in [2.75, 3.05) is 32.4 Å². The molecule has 0 bridgehead atoms. The average Bonchev–Trinajstić information content (AvgIpc) is 2.81. The SMILES string of the molecule is CSc1ncccc1C(=O)N1CCN([C@H](c2ccccc2)c2ccc(Br)cc2)CC1. The maximum atomic E-state index is 13.1. The number of carbonyl (C=O) groups excluding carboxylic acids is 1. The first-order valence-electron chi connectivity index (χ1n) is 10.00. The second-order valence-corrected chi connectivity index (χ2v) is 8.96. The molecule has 4 rings (SSSR count). The fourth-order valence-electron chi connectivity index (χ4n) is 3.96. The Morgan fingerprint density at radius 2 is 1.60 bits per heavy atom. The molecule has 0 N–H and O–H groups in total. The first-order chi connectivity index (χ1) is 14.7. The zero-order valence-electron chi connectivity index (χ0n) is 16.9. The first-order valence-corrected chi connectivity index (χ1v) is 12.0. The van der Waals surface area contributed by atoms with Gasteiger partial charge in [-0.05, 0) is 41.6 Å². The molecule has 154 valence electrons. The average molecular weight is 482 g/mol. The van der Waals surface area contributed by atoms with Crippen molar-refractivity contribution in [3.63, 3.8) is 0 Å². The van der Waals surface area contributed by atoms with Crippen molar-refractivity contribution in [2.45, 2.75) is 11.1 Å². The van der Waals surface area contributed by atoms with Crippen LogP contribution in [-0.4, -0.2) is 53.1 Å². The summed E-state index contributed by atoms with van der Waals surface area (Å²) in [5.41, 5.74) is 3.24. The molecule has 0 unspecified atom stereocenters. The predicted molar refractivity (Wildman–Crippen MR) is 126 cm³/mol. The highest BCUT2D eigenvalue weighted by Gasteiger charge is 2.29. The van der Waals surface area contributed by atoms with E-state index in [0.29, 0.717) is 18.7 Å². The molecule has 0 radical (unpaired) electrons. The van der Waals surface area contributed by atoms with Crippen LogP contribution in [0.3, 0.4) is 0 Å². The van der Waals surface area contributed by atoms with Gasteiger partial charge in [-0.25, -0.2) is 4.98 Å². The standard InChI is InChI=1S/C24H24BrN3OS/c1-30-23-21(8-5-13-26-23)24(29)28-16-14-27(15-17-28)22(18-6-3-2-4-7-18)19-9-11-20(25)12-10-19/h2-13,22H,14-17H2,1H3/t22-/m1/s1. The molecular weight excluding hydrogens is 458 g/mol. The molecule has 3 aromatic rings. The minimum atomic E-state index is 0.0759. The summed E-state index contributed by atoms with van der Waals surface area (Å²) in [4.78, 5) is 21.9. The third-order valence-electron chi connectivity index (χ3n) is 5.46. The summed E-state index contributed by atoms with van der Waals surface area (Å²) < 4.78 is 1.08. The minimum absolute atomic E-state index is 0.0759. The number of hydrogen-bond acceptors (Lipinski definition) is 4. The molecular formula is C24H24BrN3OS. The number of halogens is 1. The topological polar surface area (TPSA) is 36.4 Å². The maximum Gasteiger partial charge on any atom is 0.256 e. The molecule has 1 aromatic heterocycles. The number of thioether (sulfide) groups is 1. The third-order valence-corrected chi connectivity index (χ3v) is 6.70. The molecule has 1 aliphatic heterocycles. The Labute approximate surface area is 190 Å². The quantitative estimate of drug-likeness (QED) is 0.474. The van der Waals surface area contributed by atoms with Crippen molar-refractivity contribution in [1.29, 1.82) is 0 Å². The van der Waals surface area contributed by atoms with Gasteiger partial charge in [0.25, 0.3) is 5.91 Å². The number of aromatic nitrogens is 1. The zero-order chi connectivity index (χ0) is 20.9. The molecule has 2 heterocycles. The molecule has 0 spiro atoms. The largest absolute Gasteiger partial charge is 0.336 e. The number of rotatable bonds is 5. The van der Waals surface area contributed by atoms with Gasteiger partial charge < -0.3 is 4.90 Å². The summed E-state index contributed by atoms with van der Waals surface area (Å²) >= 11 is 5.06. The van der Waals surface area contributed by atoms with Crippen molar-refractivity contribution in [3.05, 3.63) is 94.1 Å². The third kappa shape index (κ3) is 4.61. The number of piperazine rings is 1. The molecule has 2 aromatic carbocycles. The second kappa shape index (κ2) is 9.77. The summed E-state index contributed by atoms with van der Waals surface area (Å²) in [6.45, 7) is 3.08. The lowest BCUT2D eigenvalue weighted by atomic mass is 9.96. The molecule has 1 atom stereocenters. The van der Waals surface area contributed by atoms with Gasteiger partial charge in [0.05, 0.1) is 11.6 Å². The van der Waals surface area contributed by atoms with Crippen LogP contribution in [0.1, 0.15) is 27.5 Å². The van der Waals surface area contributed by atoms with E-state index in [9.17, 15) is 4.79 Å². The number of benzene rings is 2. The van der Waals surface area contributed by atoms with Crippen LogP contribution in [0.5, 0.6) is 0 Å². The number of hydrogen-bond donors (Lipinski definition) is 0. The Morgan fingerprint density at radius 3 is 2.27 bits per heavy atom. The van der Waals surface area contributed by atoms with Gasteiger partial charge in [-0.3, -0.25) is 9.69 Å². The van der Waals surface area contributed by atoms with Crippen molar-refractivity contribution >= 4 is 33.6 Å². The van der Waals surface area contributed by atoms with Gasteiger partial charge in [0.2, 0.25) is 0 Å². The lowest BCUT2D eigenvalue weighted by molar-refractivity contribution is 0.0593. The van der Waals surface area contributed by atoms with Crippen LogP contribution in [0.2, 0.25) is 0 Å².